The minimum atomic E-state index is -2.84. The van der Waals surface area contributed by atoms with Crippen molar-refractivity contribution >= 4 is 27.5 Å². The molecule has 2 nitrogen and oxygen atoms in total. The first-order chi connectivity index (χ1) is 10.0. The van der Waals surface area contributed by atoms with E-state index in [1.54, 1.807) is 24.3 Å². The first kappa shape index (κ1) is 16.0. The Labute approximate surface area is 134 Å². The topological polar surface area (TPSA) is 18.5 Å². The first-order valence-corrected chi connectivity index (χ1v) is 7.33. The Balaban J connectivity index is 2.27. The van der Waals surface area contributed by atoms with Gasteiger partial charge >= 0.3 is 6.61 Å². The van der Waals surface area contributed by atoms with Crippen LogP contribution in [0.2, 0.25) is 5.02 Å². The second-order valence-corrected chi connectivity index (χ2v) is 5.53. The van der Waals surface area contributed by atoms with E-state index in [2.05, 4.69) is 20.7 Å². The van der Waals surface area contributed by atoms with E-state index in [0.29, 0.717) is 10.8 Å². The number of rotatable bonds is 5. The summed E-state index contributed by atoms with van der Waals surface area (Å²) in [5.74, 6) is 0.696. The smallest absolute Gasteiger partial charge is 0.387 e. The highest BCUT2D eigenvalue weighted by Gasteiger charge is 2.14. The van der Waals surface area contributed by atoms with Gasteiger partial charge in [0.25, 0.3) is 0 Å². The van der Waals surface area contributed by atoms with Crippen molar-refractivity contribution < 1.29 is 18.3 Å². The predicted molar refractivity (Wildman–Crippen MR) is 81.8 cm³/mol. The van der Waals surface area contributed by atoms with Gasteiger partial charge in [0.1, 0.15) is 11.5 Å². The Morgan fingerprint density at radius 3 is 2.43 bits per heavy atom. The quantitative estimate of drug-likeness (QED) is 0.647. The number of alkyl halides is 3. The van der Waals surface area contributed by atoms with E-state index in [1.807, 2.05) is 12.1 Å². The average Bonchev–Trinajstić information content (AvgIpc) is 2.46. The van der Waals surface area contributed by atoms with Gasteiger partial charge in [-0.1, -0.05) is 45.7 Å². The minimum absolute atomic E-state index is 0.117. The standard InChI is InChI=1S/C15H12BrClF2O2/c1-20-13-6-5-10(8-12(13)17)14(16)9-3-2-4-11(7-9)21-15(18)19/h2-8,14-15H,1H3. The Kier molecular flexibility index (Phi) is 5.42. The lowest BCUT2D eigenvalue weighted by atomic mass is 10.0. The van der Waals surface area contributed by atoms with Crippen LogP contribution in [0.15, 0.2) is 42.5 Å². The summed E-state index contributed by atoms with van der Waals surface area (Å²) >= 11 is 9.62. The summed E-state index contributed by atoms with van der Waals surface area (Å²) in [7, 11) is 1.54. The second kappa shape index (κ2) is 7.09. The molecule has 21 heavy (non-hydrogen) atoms. The van der Waals surface area contributed by atoms with Gasteiger partial charge in [-0.05, 0) is 35.4 Å². The van der Waals surface area contributed by atoms with Gasteiger partial charge < -0.3 is 9.47 Å². The van der Waals surface area contributed by atoms with Crippen LogP contribution in [0.1, 0.15) is 16.0 Å². The molecule has 0 N–H and O–H groups in total. The zero-order valence-corrected chi connectivity index (χ0v) is 13.4. The van der Waals surface area contributed by atoms with Gasteiger partial charge in [0.2, 0.25) is 0 Å². The lowest BCUT2D eigenvalue weighted by Crippen LogP contribution is -2.02. The van der Waals surface area contributed by atoms with E-state index in [-0.39, 0.29) is 10.6 Å². The van der Waals surface area contributed by atoms with Crippen LogP contribution in [0.5, 0.6) is 11.5 Å². The second-order valence-electron chi connectivity index (χ2n) is 4.21. The summed E-state index contributed by atoms with van der Waals surface area (Å²) < 4.78 is 34.0. The molecule has 0 fully saturated rings. The van der Waals surface area contributed by atoms with Gasteiger partial charge in [-0.15, -0.1) is 0 Å². The highest BCUT2D eigenvalue weighted by Crippen LogP contribution is 2.36. The van der Waals surface area contributed by atoms with Crippen LogP contribution in [-0.4, -0.2) is 13.7 Å². The molecular weight excluding hydrogens is 366 g/mol. The Hall–Kier alpha value is -1.33. The predicted octanol–water partition coefficient (Wildman–Crippen LogP) is 5.43. The van der Waals surface area contributed by atoms with Crippen LogP contribution in [-0.2, 0) is 0 Å². The summed E-state index contributed by atoms with van der Waals surface area (Å²) in [6, 6.07) is 11.9. The summed E-state index contributed by atoms with van der Waals surface area (Å²) in [5, 5.41) is 0.486. The Morgan fingerprint density at radius 2 is 1.81 bits per heavy atom. The van der Waals surface area contributed by atoms with Crippen molar-refractivity contribution in [3.05, 3.63) is 58.6 Å². The van der Waals surface area contributed by atoms with Crippen LogP contribution >= 0.6 is 27.5 Å². The van der Waals surface area contributed by atoms with Crippen molar-refractivity contribution in [3.8, 4) is 11.5 Å². The lowest BCUT2D eigenvalue weighted by Gasteiger charge is -2.14. The maximum absolute atomic E-state index is 12.2. The molecule has 6 heteroatoms. The molecule has 1 atom stereocenters. The van der Waals surface area contributed by atoms with Crippen molar-refractivity contribution in [3.63, 3.8) is 0 Å². The van der Waals surface area contributed by atoms with Gasteiger partial charge in [-0.25, -0.2) is 0 Å². The largest absolute Gasteiger partial charge is 0.495 e. The summed E-state index contributed by atoms with van der Waals surface area (Å²) in [6.45, 7) is -2.84. The maximum atomic E-state index is 12.2. The lowest BCUT2D eigenvalue weighted by molar-refractivity contribution is -0.0498. The van der Waals surface area contributed by atoms with Crippen LogP contribution in [0.3, 0.4) is 0 Å². The molecule has 1 unspecified atom stereocenters. The number of hydrogen-bond donors (Lipinski definition) is 0. The van der Waals surface area contributed by atoms with E-state index in [1.165, 1.54) is 13.2 Å². The molecular formula is C15H12BrClF2O2. The van der Waals surface area contributed by atoms with Gasteiger partial charge in [-0.2, -0.15) is 8.78 Å². The Bertz CT molecular complexity index is 622. The van der Waals surface area contributed by atoms with Gasteiger partial charge in [0, 0.05) is 0 Å². The molecule has 0 bridgehead atoms. The monoisotopic (exact) mass is 376 g/mol. The minimum Gasteiger partial charge on any atom is -0.495 e. The molecule has 0 radical (unpaired) electrons. The molecule has 0 aliphatic rings. The van der Waals surface area contributed by atoms with E-state index in [0.717, 1.165) is 11.1 Å². The third kappa shape index (κ3) is 4.08. The highest BCUT2D eigenvalue weighted by molar-refractivity contribution is 9.09. The fraction of sp³-hybridized carbons (Fsp3) is 0.200. The summed E-state index contributed by atoms with van der Waals surface area (Å²) in [4.78, 5) is -0.192. The van der Waals surface area contributed by atoms with E-state index in [4.69, 9.17) is 16.3 Å². The molecule has 0 heterocycles. The van der Waals surface area contributed by atoms with Crippen LogP contribution in [0, 0.1) is 0 Å². The van der Waals surface area contributed by atoms with Crippen molar-refractivity contribution in [2.45, 2.75) is 11.4 Å². The van der Waals surface area contributed by atoms with Crippen molar-refractivity contribution in [2.75, 3.05) is 7.11 Å². The molecule has 0 aliphatic carbocycles. The fourth-order valence-electron chi connectivity index (χ4n) is 1.88. The number of hydrogen-bond acceptors (Lipinski definition) is 2. The molecule has 0 aromatic heterocycles. The van der Waals surface area contributed by atoms with Crippen molar-refractivity contribution in [1.29, 1.82) is 0 Å². The molecule has 2 aromatic rings. The normalized spacial score (nSPS) is 12.3. The summed E-state index contributed by atoms with van der Waals surface area (Å²) in [5.41, 5.74) is 1.67. The molecule has 0 saturated carbocycles. The van der Waals surface area contributed by atoms with Crippen molar-refractivity contribution in [2.24, 2.45) is 0 Å². The molecule has 0 aliphatic heterocycles. The zero-order chi connectivity index (χ0) is 15.4. The first-order valence-electron chi connectivity index (χ1n) is 6.03. The summed E-state index contributed by atoms with van der Waals surface area (Å²) in [6.07, 6.45) is 0. The molecule has 0 saturated heterocycles. The highest BCUT2D eigenvalue weighted by atomic mass is 79.9. The third-order valence-electron chi connectivity index (χ3n) is 2.84. The van der Waals surface area contributed by atoms with Gasteiger partial charge in [0.15, 0.2) is 0 Å². The number of methoxy groups -OCH3 is 1. The van der Waals surface area contributed by atoms with E-state index >= 15 is 0 Å². The van der Waals surface area contributed by atoms with Gasteiger partial charge in [0.05, 0.1) is 17.0 Å². The van der Waals surface area contributed by atoms with E-state index in [9.17, 15) is 8.78 Å². The number of benzene rings is 2. The SMILES string of the molecule is COc1ccc(C(Br)c2cccc(OC(F)F)c2)cc1Cl. The van der Waals surface area contributed by atoms with Gasteiger partial charge in [-0.3, -0.25) is 0 Å². The molecule has 2 aromatic carbocycles. The van der Waals surface area contributed by atoms with Crippen molar-refractivity contribution in [1.82, 2.24) is 0 Å². The third-order valence-corrected chi connectivity index (χ3v) is 4.20. The molecule has 0 spiro atoms. The number of halogens is 4. The number of ether oxygens (including phenoxy) is 2. The van der Waals surface area contributed by atoms with E-state index < -0.39 is 6.61 Å². The average molecular weight is 378 g/mol. The fourth-order valence-corrected chi connectivity index (χ4v) is 2.72. The Morgan fingerprint density at radius 1 is 1.10 bits per heavy atom. The molecule has 0 amide bonds. The van der Waals surface area contributed by atoms with Crippen LogP contribution < -0.4 is 9.47 Å². The van der Waals surface area contributed by atoms with Crippen LogP contribution in [0.4, 0.5) is 8.78 Å². The molecule has 112 valence electrons. The zero-order valence-electron chi connectivity index (χ0n) is 11.0. The molecule has 2 rings (SSSR count). The maximum Gasteiger partial charge on any atom is 0.387 e. The van der Waals surface area contributed by atoms with Crippen LogP contribution in [0.25, 0.3) is 0 Å².